The first-order valence-corrected chi connectivity index (χ1v) is 5.07. The van der Waals surface area contributed by atoms with Gasteiger partial charge in [-0.05, 0) is 25.0 Å². The highest BCUT2D eigenvalue weighted by atomic mass is 16.3. The molecule has 0 radical (unpaired) electrons. The van der Waals surface area contributed by atoms with Crippen LogP contribution >= 0.6 is 0 Å². The normalized spacial score (nSPS) is 11.8. The molecule has 2 aromatic rings. The second kappa shape index (κ2) is 5.70. The third kappa shape index (κ3) is 3.24. The molecule has 0 amide bonds. The summed E-state index contributed by atoms with van der Waals surface area (Å²) in [6, 6.07) is 0. The number of nitrogens with zero attached hydrogens (tertiary/aromatic N) is 2. The summed E-state index contributed by atoms with van der Waals surface area (Å²) in [5.74, 6) is 1.27. The average Bonchev–Trinajstić information content (AvgIpc) is 2.96. The van der Waals surface area contributed by atoms with Crippen LogP contribution in [0.5, 0.6) is 0 Å². The van der Waals surface area contributed by atoms with Crippen molar-refractivity contribution in [1.82, 2.24) is 9.97 Å². The van der Waals surface area contributed by atoms with Gasteiger partial charge in [0.25, 0.3) is 0 Å². The minimum atomic E-state index is 0.636. The maximum absolute atomic E-state index is 5.06. The fourth-order valence-corrected chi connectivity index (χ4v) is 1.19. The predicted molar refractivity (Wildman–Crippen MR) is 60.3 cm³/mol. The molecule has 0 aromatic carbocycles. The maximum Gasteiger partial charge on any atom is 0.218 e. The van der Waals surface area contributed by atoms with Crippen LogP contribution in [0.3, 0.4) is 0 Å². The van der Waals surface area contributed by atoms with Gasteiger partial charge in [0.15, 0.2) is 0 Å². The Morgan fingerprint density at radius 1 is 0.875 bits per heavy atom. The maximum atomic E-state index is 5.06. The van der Waals surface area contributed by atoms with E-state index in [1.807, 2.05) is 24.3 Å². The van der Waals surface area contributed by atoms with E-state index in [0.717, 1.165) is 12.8 Å². The van der Waals surface area contributed by atoms with E-state index in [-0.39, 0.29) is 0 Å². The molecule has 0 atom stereocenters. The Bertz CT molecular complexity index is 397. The Balaban J connectivity index is 1.69. The van der Waals surface area contributed by atoms with Gasteiger partial charge in [0.2, 0.25) is 11.8 Å². The number of hydrogen-bond donors (Lipinski definition) is 0. The Kier molecular flexibility index (Phi) is 3.71. The van der Waals surface area contributed by atoms with Crippen LogP contribution in [-0.2, 0) is 0 Å². The lowest BCUT2D eigenvalue weighted by Gasteiger charge is -1.86. The number of rotatable bonds is 5. The van der Waals surface area contributed by atoms with Gasteiger partial charge in [0, 0.05) is 0 Å². The molecule has 0 spiro atoms. The molecule has 16 heavy (non-hydrogen) atoms. The van der Waals surface area contributed by atoms with Crippen molar-refractivity contribution < 1.29 is 8.83 Å². The fraction of sp³-hybridized carbons (Fsp3) is 0.167. The van der Waals surface area contributed by atoms with E-state index in [0.29, 0.717) is 11.8 Å². The van der Waals surface area contributed by atoms with E-state index in [2.05, 4.69) is 9.97 Å². The summed E-state index contributed by atoms with van der Waals surface area (Å²) < 4.78 is 10.1. The van der Waals surface area contributed by atoms with Crippen molar-refractivity contribution in [3.63, 3.8) is 0 Å². The van der Waals surface area contributed by atoms with Crippen molar-refractivity contribution in [1.29, 1.82) is 0 Å². The lowest BCUT2D eigenvalue weighted by atomic mass is 10.2. The lowest BCUT2D eigenvalue weighted by Crippen LogP contribution is -1.70. The molecule has 0 fully saturated rings. The Morgan fingerprint density at radius 3 is 1.75 bits per heavy atom. The monoisotopic (exact) mass is 216 g/mol. The van der Waals surface area contributed by atoms with Gasteiger partial charge in [0.1, 0.15) is 12.5 Å². The standard InChI is InChI=1S/C12H12N2O2/c1(3-5-11-13-7-9-15-11)2-4-6-12-14-8-10-16-12/h3-10H,1-2H2. The van der Waals surface area contributed by atoms with Crippen molar-refractivity contribution in [2.45, 2.75) is 12.8 Å². The SMILES string of the molecule is C(=Cc1ncco1)CCC=Cc1ncco1. The van der Waals surface area contributed by atoms with Crippen LogP contribution in [0.2, 0.25) is 0 Å². The summed E-state index contributed by atoms with van der Waals surface area (Å²) in [7, 11) is 0. The van der Waals surface area contributed by atoms with E-state index >= 15 is 0 Å². The molecule has 0 saturated heterocycles. The van der Waals surface area contributed by atoms with Gasteiger partial charge in [-0.15, -0.1) is 0 Å². The molecule has 0 aliphatic carbocycles. The smallest absolute Gasteiger partial charge is 0.218 e. The van der Waals surface area contributed by atoms with Crippen molar-refractivity contribution in [2.24, 2.45) is 0 Å². The number of unbranched alkanes of at least 4 members (excludes halogenated alkanes) is 1. The van der Waals surface area contributed by atoms with Gasteiger partial charge in [-0.3, -0.25) is 0 Å². The van der Waals surface area contributed by atoms with Gasteiger partial charge >= 0.3 is 0 Å². The fourth-order valence-electron chi connectivity index (χ4n) is 1.19. The highest BCUT2D eigenvalue weighted by molar-refractivity contribution is 5.38. The van der Waals surface area contributed by atoms with Crippen LogP contribution in [0.25, 0.3) is 12.2 Å². The Hall–Kier alpha value is -2.10. The summed E-state index contributed by atoms with van der Waals surface area (Å²) in [4.78, 5) is 7.96. The predicted octanol–water partition coefficient (Wildman–Crippen LogP) is 3.17. The molecule has 0 bridgehead atoms. The highest BCUT2D eigenvalue weighted by Crippen LogP contribution is 2.03. The molecule has 0 N–H and O–H groups in total. The first-order valence-electron chi connectivity index (χ1n) is 5.07. The number of hydrogen-bond acceptors (Lipinski definition) is 4. The summed E-state index contributed by atoms with van der Waals surface area (Å²) in [6.07, 6.45) is 16.0. The van der Waals surface area contributed by atoms with Crippen LogP contribution in [0.15, 0.2) is 45.9 Å². The van der Waals surface area contributed by atoms with Crippen molar-refractivity contribution in [3.05, 3.63) is 48.9 Å². The molecule has 0 saturated carbocycles. The Labute approximate surface area is 93.3 Å². The number of oxazole rings is 2. The summed E-state index contributed by atoms with van der Waals surface area (Å²) in [5.41, 5.74) is 0. The zero-order chi connectivity index (χ0) is 11.1. The van der Waals surface area contributed by atoms with Gasteiger partial charge in [-0.1, -0.05) is 12.2 Å². The molecule has 2 rings (SSSR count). The first kappa shape index (κ1) is 10.4. The zero-order valence-corrected chi connectivity index (χ0v) is 8.74. The summed E-state index contributed by atoms with van der Waals surface area (Å²) in [5, 5.41) is 0. The van der Waals surface area contributed by atoms with Gasteiger partial charge in [0.05, 0.1) is 12.4 Å². The lowest BCUT2D eigenvalue weighted by molar-refractivity contribution is 0.545. The molecule has 82 valence electrons. The molecular weight excluding hydrogens is 204 g/mol. The van der Waals surface area contributed by atoms with Crippen LogP contribution in [-0.4, -0.2) is 9.97 Å². The van der Waals surface area contributed by atoms with E-state index in [1.165, 1.54) is 0 Å². The molecular formula is C12H12N2O2. The number of allylic oxidation sites excluding steroid dienone is 2. The molecule has 4 heteroatoms. The molecule has 2 heterocycles. The van der Waals surface area contributed by atoms with Crippen molar-refractivity contribution >= 4 is 12.2 Å². The summed E-state index contributed by atoms with van der Waals surface area (Å²) >= 11 is 0. The highest BCUT2D eigenvalue weighted by Gasteiger charge is 1.89. The van der Waals surface area contributed by atoms with Gasteiger partial charge < -0.3 is 8.83 Å². The average molecular weight is 216 g/mol. The minimum absolute atomic E-state index is 0.636. The number of aromatic nitrogens is 2. The molecule has 0 aliphatic heterocycles. The van der Waals surface area contributed by atoms with Crippen molar-refractivity contribution in [3.8, 4) is 0 Å². The molecule has 2 aromatic heterocycles. The van der Waals surface area contributed by atoms with Gasteiger partial charge in [-0.2, -0.15) is 0 Å². The molecule has 0 aliphatic rings. The largest absolute Gasteiger partial charge is 0.445 e. The van der Waals surface area contributed by atoms with Crippen LogP contribution in [0.1, 0.15) is 24.6 Å². The first-order chi connectivity index (χ1) is 7.95. The third-order valence-corrected chi connectivity index (χ3v) is 1.92. The van der Waals surface area contributed by atoms with Crippen molar-refractivity contribution in [2.75, 3.05) is 0 Å². The zero-order valence-electron chi connectivity index (χ0n) is 8.74. The Morgan fingerprint density at radius 2 is 1.38 bits per heavy atom. The topological polar surface area (TPSA) is 52.1 Å². The van der Waals surface area contributed by atoms with Crippen LogP contribution in [0, 0.1) is 0 Å². The van der Waals surface area contributed by atoms with E-state index in [1.54, 1.807) is 24.9 Å². The second-order valence-corrected chi connectivity index (χ2v) is 3.12. The van der Waals surface area contributed by atoms with E-state index in [9.17, 15) is 0 Å². The molecule has 0 unspecified atom stereocenters. The quantitative estimate of drug-likeness (QED) is 0.720. The van der Waals surface area contributed by atoms with E-state index < -0.39 is 0 Å². The minimum Gasteiger partial charge on any atom is -0.445 e. The third-order valence-electron chi connectivity index (χ3n) is 1.92. The van der Waals surface area contributed by atoms with Gasteiger partial charge in [-0.25, -0.2) is 9.97 Å². The molecule has 4 nitrogen and oxygen atoms in total. The van der Waals surface area contributed by atoms with E-state index in [4.69, 9.17) is 8.83 Å². The summed E-state index contributed by atoms with van der Waals surface area (Å²) in [6.45, 7) is 0. The van der Waals surface area contributed by atoms with Crippen LogP contribution < -0.4 is 0 Å². The second-order valence-electron chi connectivity index (χ2n) is 3.12. The van der Waals surface area contributed by atoms with Crippen LogP contribution in [0.4, 0.5) is 0 Å².